The summed E-state index contributed by atoms with van der Waals surface area (Å²) in [6.07, 6.45) is 7.49. The summed E-state index contributed by atoms with van der Waals surface area (Å²) in [5, 5.41) is 7.38. The Kier molecular flexibility index (Phi) is 8.69. The quantitative estimate of drug-likeness (QED) is 0.190. The molecule has 4 aromatic carbocycles. The minimum atomic E-state index is 0.0628. The predicted molar refractivity (Wildman–Crippen MR) is 170 cm³/mol. The molecule has 0 aliphatic carbocycles. The van der Waals surface area contributed by atoms with Gasteiger partial charge in [0.1, 0.15) is 0 Å². The van der Waals surface area contributed by atoms with E-state index in [2.05, 4.69) is 86.9 Å². The number of hydrogen-bond acceptors (Lipinski definition) is 3. The van der Waals surface area contributed by atoms with Crippen LogP contribution in [0.3, 0.4) is 0 Å². The largest absolute Gasteiger partial charge is 0.355 e. The molecule has 1 unspecified atom stereocenters. The molecule has 0 saturated heterocycles. The number of anilines is 4. The zero-order valence-corrected chi connectivity index (χ0v) is 24.4. The Hall–Kier alpha value is -3.85. The Morgan fingerprint density at radius 1 is 0.700 bits per heavy atom. The summed E-state index contributed by atoms with van der Waals surface area (Å²) in [7, 11) is 0. The average Bonchev–Trinajstić information content (AvgIpc) is 2.98. The van der Waals surface area contributed by atoms with Crippen molar-refractivity contribution in [2.24, 2.45) is 0 Å². The van der Waals surface area contributed by atoms with Crippen LogP contribution in [-0.2, 0) is 19.3 Å². The van der Waals surface area contributed by atoms with Crippen molar-refractivity contribution in [1.29, 1.82) is 0 Å². The van der Waals surface area contributed by atoms with Gasteiger partial charge in [0.2, 0.25) is 0 Å². The first-order chi connectivity index (χ1) is 19.6. The van der Waals surface area contributed by atoms with Gasteiger partial charge in [-0.1, -0.05) is 83.4 Å². The number of hydrogen-bond donors (Lipinski definition) is 2. The zero-order chi connectivity index (χ0) is 28.1. The third-order valence-corrected chi connectivity index (χ3v) is 8.13. The van der Waals surface area contributed by atoms with Gasteiger partial charge in [-0.3, -0.25) is 4.79 Å². The summed E-state index contributed by atoms with van der Waals surface area (Å²) in [6, 6.07) is 27.4. The van der Waals surface area contributed by atoms with Gasteiger partial charge >= 0.3 is 0 Å². The van der Waals surface area contributed by atoms with Crippen molar-refractivity contribution < 1.29 is 4.79 Å². The highest BCUT2D eigenvalue weighted by Gasteiger charge is 2.27. The highest BCUT2D eigenvalue weighted by Crippen LogP contribution is 2.45. The lowest BCUT2D eigenvalue weighted by Gasteiger charge is -2.31. The molecule has 0 radical (unpaired) electrons. The number of carbonyl (C=O) groups is 1. The predicted octanol–water partition coefficient (Wildman–Crippen LogP) is 10.1. The third-order valence-electron chi connectivity index (χ3n) is 8.13. The van der Waals surface area contributed by atoms with Gasteiger partial charge in [-0.25, -0.2) is 0 Å². The van der Waals surface area contributed by atoms with Crippen molar-refractivity contribution in [3.63, 3.8) is 0 Å². The Morgan fingerprint density at radius 3 is 1.95 bits per heavy atom. The third kappa shape index (κ3) is 5.56. The van der Waals surface area contributed by atoms with E-state index >= 15 is 0 Å². The molecule has 1 aliphatic heterocycles. The molecule has 0 fully saturated rings. The average molecular weight is 531 g/mol. The van der Waals surface area contributed by atoms with E-state index in [1.165, 1.54) is 39.2 Å². The molecule has 0 saturated carbocycles. The van der Waals surface area contributed by atoms with Crippen LogP contribution in [0.5, 0.6) is 0 Å². The lowest BCUT2D eigenvalue weighted by atomic mass is 9.81. The number of aryl methyl sites for hydroxylation is 3. The molecule has 0 amide bonds. The maximum Gasteiger partial charge on any atom is 0.193 e. The van der Waals surface area contributed by atoms with Crippen LogP contribution in [0.1, 0.15) is 103 Å². The van der Waals surface area contributed by atoms with E-state index in [-0.39, 0.29) is 11.7 Å². The lowest BCUT2D eigenvalue weighted by Crippen LogP contribution is -2.15. The molecule has 5 rings (SSSR count). The molecule has 0 spiro atoms. The Bertz CT molecular complexity index is 1460. The van der Waals surface area contributed by atoms with E-state index in [0.29, 0.717) is 5.56 Å². The molecule has 1 aliphatic rings. The lowest BCUT2D eigenvalue weighted by molar-refractivity contribution is 0.103. The van der Waals surface area contributed by atoms with E-state index in [1.54, 1.807) is 0 Å². The molecule has 206 valence electrons. The van der Waals surface area contributed by atoms with Crippen LogP contribution >= 0.6 is 0 Å². The monoisotopic (exact) mass is 530 g/mol. The van der Waals surface area contributed by atoms with E-state index in [1.807, 2.05) is 30.3 Å². The fraction of sp³-hybridized carbons (Fsp3) is 0.324. The Labute approximate surface area is 240 Å². The Balaban J connectivity index is 1.39. The molecular weight excluding hydrogens is 488 g/mol. The molecule has 2 N–H and O–H groups in total. The number of benzene rings is 4. The van der Waals surface area contributed by atoms with E-state index in [4.69, 9.17) is 0 Å². The van der Waals surface area contributed by atoms with Gasteiger partial charge in [-0.15, -0.1) is 0 Å². The number of nitrogens with one attached hydrogen (secondary N) is 2. The highest BCUT2D eigenvalue weighted by molar-refractivity contribution is 6.09. The molecule has 3 heteroatoms. The maximum atomic E-state index is 13.6. The van der Waals surface area contributed by atoms with Gasteiger partial charge in [0.15, 0.2) is 5.78 Å². The second-order valence-corrected chi connectivity index (χ2v) is 11.0. The van der Waals surface area contributed by atoms with E-state index in [9.17, 15) is 4.79 Å². The first-order valence-corrected chi connectivity index (χ1v) is 15.1. The molecule has 3 nitrogen and oxygen atoms in total. The fourth-order valence-corrected chi connectivity index (χ4v) is 6.17. The summed E-state index contributed by atoms with van der Waals surface area (Å²) < 4.78 is 0. The molecule has 4 aromatic rings. The number of fused-ring (bicyclic) bond motifs is 2. The van der Waals surface area contributed by atoms with Gasteiger partial charge < -0.3 is 10.6 Å². The molecule has 40 heavy (non-hydrogen) atoms. The zero-order valence-electron chi connectivity index (χ0n) is 24.4. The first kappa shape index (κ1) is 27.7. The van der Waals surface area contributed by atoms with Crippen molar-refractivity contribution in [3.05, 3.63) is 118 Å². The first-order valence-electron chi connectivity index (χ1n) is 15.1. The van der Waals surface area contributed by atoms with Gasteiger partial charge in [0.05, 0.1) is 0 Å². The fourth-order valence-electron chi connectivity index (χ4n) is 6.17. The summed E-state index contributed by atoms with van der Waals surface area (Å²) in [5.74, 6) is 0.343. The van der Waals surface area contributed by atoms with Crippen LogP contribution in [0, 0.1) is 0 Å². The molecule has 1 atom stereocenters. The van der Waals surface area contributed by atoms with Crippen LogP contribution in [-0.4, -0.2) is 5.78 Å². The number of para-hydroxylation sites is 2. The highest BCUT2D eigenvalue weighted by atomic mass is 16.1. The summed E-state index contributed by atoms with van der Waals surface area (Å²) >= 11 is 0. The summed E-state index contributed by atoms with van der Waals surface area (Å²) in [6.45, 7) is 8.90. The normalized spacial score (nSPS) is 13.8. The van der Waals surface area contributed by atoms with Crippen LogP contribution in [0.15, 0.2) is 78.9 Å². The molecule has 0 bridgehead atoms. The van der Waals surface area contributed by atoms with Crippen LogP contribution in [0.25, 0.3) is 0 Å². The van der Waals surface area contributed by atoms with Gasteiger partial charge in [0, 0.05) is 39.8 Å². The van der Waals surface area contributed by atoms with Crippen molar-refractivity contribution in [2.45, 2.75) is 78.6 Å². The minimum Gasteiger partial charge on any atom is -0.355 e. The maximum absolute atomic E-state index is 13.6. The summed E-state index contributed by atoms with van der Waals surface area (Å²) in [5.41, 5.74) is 12.7. The standard InChI is InChI=1S/C37H42N2O/c1-5-11-25-14-9-15-26(12-6-2)35(25)38-30-21-18-28(19-22-30)37(40)29-20-23-34-33(24-29)31(8-4)32-17-10-16-27(13-7-3)36(32)39-34/h9-10,14-24,31,38-39H,5-8,11-13H2,1-4H3. The van der Waals surface area contributed by atoms with Crippen LogP contribution in [0.2, 0.25) is 0 Å². The minimum absolute atomic E-state index is 0.0628. The smallest absolute Gasteiger partial charge is 0.193 e. The van der Waals surface area contributed by atoms with Crippen molar-refractivity contribution in [3.8, 4) is 0 Å². The molecule has 0 aromatic heterocycles. The van der Waals surface area contributed by atoms with E-state index < -0.39 is 0 Å². The Morgan fingerprint density at radius 2 is 1.30 bits per heavy atom. The SMILES string of the molecule is CCCc1cccc(CCC)c1Nc1ccc(C(=O)c2ccc3c(c2)C(CC)c2cccc(CCC)c2N3)cc1. The topological polar surface area (TPSA) is 41.1 Å². The van der Waals surface area contributed by atoms with Crippen LogP contribution in [0.4, 0.5) is 22.7 Å². The van der Waals surface area contributed by atoms with E-state index in [0.717, 1.165) is 61.9 Å². The van der Waals surface area contributed by atoms with Gasteiger partial charge in [-0.2, -0.15) is 0 Å². The second-order valence-electron chi connectivity index (χ2n) is 11.0. The second kappa shape index (κ2) is 12.6. The summed E-state index contributed by atoms with van der Waals surface area (Å²) in [4.78, 5) is 13.6. The van der Waals surface area contributed by atoms with Crippen molar-refractivity contribution in [1.82, 2.24) is 0 Å². The number of carbonyl (C=O) groups excluding carboxylic acids is 1. The molecular formula is C37H42N2O. The van der Waals surface area contributed by atoms with Crippen LogP contribution < -0.4 is 10.6 Å². The number of ketones is 1. The number of rotatable bonds is 11. The van der Waals surface area contributed by atoms with Crippen molar-refractivity contribution in [2.75, 3.05) is 10.6 Å². The molecule has 1 heterocycles. The van der Waals surface area contributed by atoms with Crippen molar-refractivity contribution >= 4 is 28.5 Å². The van der Waals surface area contributed by atoms with Gasteiger partial charge in [-0.05, 0) is 96.0 Å². The van der Waals surface area contributed by atoms with Gasteiger partial charge in [0.25, 0.3) is 0 Å².